The van der Waals surface area contributed by atoms with Crippen LogP contribution >= 0.6 is 14.3 Å². The number of benzene rings is 2. The molecule has 2 aromatic carbocycles. The van der Waals surface area contributed by atoms with Crippen LogP contribution in [0.4, 0.5) is 0 Å². The predicted octanol–water partition coefficient (Wildman–Crippen LogP) is 4.15. The number of aliphatic hydroxyl groups excluding tert-OH is 2. The molecule has 220 valence electrons. The Morgan fingerprint density at radius 2 is 1.00 bits per heavy atom. The van der Waals surface area contributed by atoms with Gasteiger partial charge in [0, 0.05) is 34.3 Å². The maximum Gasteiger partial charge on any atom is 0.119 e. The highest BCUT2D eigenvalue weighted by Gasteiger charge is 2.62. The van der Waals surface area contributed by atoms with Crippen LogP contribution in [0, 0.1) is 35.5 Å². The highest BCUT2D eigenvalue weighted by molar-refractivity contribution is 7.73. The molecule has 2 aliphatic carbocycles. The van der Waals surface area contributed by atoms with E-state index in [2.05, 4.69) is 13.8 Å². The smallest absolute Gasteiger partial charge is 0.119 e. The van der Waals surface area contributed by atoms with Crippen molar-refractivity contribution >= 4 is 24.9 Å². The fraction of sp³-hybridized carbons (Fsp3) is 0.625. The van der Waals surface area contributed by atoms with Crippen molar-refractivity contribution in [3.05, 3.63) is 60.7 Å². The third-order valence-electron chi connectivity index (χ3n) is 11.2. The minimum Gasteiger partial charge on any atom is -0.393 e. The van der Waals surface area contributed by atoms with Gasteiger partial charge in [0.1, 0.15) is 14.3 Å². The first kappa shape index (κ1) is 30.2. The fourth-order valence-corrected chi connectivity index (χ4v) is 17.4. The first-order valence-corrected chi connectivity index (χ1v) is 18.7. The van der Waals surface area contributed by atoms with Gasteiger partial charge >= 0.3 is 0 Å². The van der Waals surface area contributed by atoms with E-state index < -0.39 is 25.5 Å². The van der Waals surface area contributed by atoms with Crippen molar-refractivity contribution in [3.8, 4) is 0 Å². The Kier molecular flexibility index (Phi) is 8.14. The van der Waals surface area contributed by atoms with Gasteiger partial charge in [0.25, 0.3) is 0 Å². The lowest BCUT2D eigenvalue weighted by Crippen LogP contribution is -2.43. The summed E-state index contributed by atoms with van der Waals surface area (Å²) in [5, 5.41) is 41.5. The van der Waals surface area contributed by atoms with E-state index in [4.69, 9.17) is 0 Å². The molecule has 0 unspecified atom stereocenters. The lowest BCUT2D eigenvalue weighted by atomic mass is 9.80. The number of hydrogen-bond donors (Lipinski definition) is 4. The summed E-state index contributed by atoms with van der Waals surface area (Å²) in [6.07, 6.45) is 2.91. The zero-order valence-electron chi connectivity index (χ0n) is 24.1. The van der Waals surface area contributed by atoms with Gasteiger partial charge in [-0.25, -0.2) is 0 Å². The predicted molar refractivity (Wildman–Crippen MR) is 162 cm³/mol. The van der Waals surface area contributed by atoms with E-state index in [0.717, 1.165) is 23.5 Å². The monoisotopic (exact) mass is 588 g/mol. The van der Waals surface area contributed by atoms with E-state index in [1.54, 1.807) is 13.8 Å². The molecule has 2 heterocycles. The summed E-state index contributed by atoms with van der Waals surface area (Å²) >= 11 is 0. The van der Waals surface area contributed by atoms with Crippen LogP contribution in [0.25, 0.3) is 0 Å². The highest BCUT2D eigenvalue weighted by Crippen LogP contribution is 2.71. The van der Waals surface area contributed by atoms with E-state index in [9.17, 15) is 29.6 Å². The second-order valence-corrected chi connectivity index (χ2v) is 19.8. The molecule has 2 saturated carbocycles. The van der Waals surface area contributed by atoms with Crippen LogP contribution in [0.5, 0.6) is 0 Å². The van der Waals surface area contributed by atoms with Crippen LogP contribution in [-0.2, 0) is 9.13 Å². The van der Waals surface area contributed by atoms with Gasteiger partial charge in [0.2, 0.25) is 0 Å². The largest absolute Gasteiger partial charge is 0.393 e. The normalized spacial score (nSPS) is 42.6. The molecule has 0 spiro atoms. The molecular weight excluding hydrogens is 542 g/mol. The summed E-state index contributed by atoms with van der Waals surface area (Å²) in [6.45, 7) is 7.29. The van der Waals surface area contributed by atoms with Crippen LogP contribution in [0.2, 0.25) is 0 Å². The van der Waals surface area contributed by atoms with Crippen molar-refractivity contribution in [1.82, 2.24) is 0 Å². The summed E-state index contributed by atoms with van der Waals surface area (Å²) in [7, 11) is -4.70. The summed E-state index contributed by atoms with van der Waals surface area (Å²) in [5.41, 5.74) is -1.76. The van der Waals surface area contributed by atoms with E-state index >= 15 is 0 Å². The SMILES string of the molecule is C[C@H]1[C@@H]2C[P@](=O)(c3ccccc3)[C@H]1C[C@H]2[C@@](C)(O)CO.C[C@H]1[C@@H]2C[P@](=O)(c3ccccc3)[C@H]1C[C@H]2[C@@](C)(O)CO. The minimum absolute atomic E-state index is 0.0679. The summed E-state index contributed by atoms with van der Waals surface area (Å²) in [5.74, 6) is 1.38. The van der Waals surface area contributed by atoms with E-state index in [-0.39, 0.29) is 48.2 Å². The van der Waals surface area contributed by atoms with Gasteiger partial charge in [-0.05, 0) is 62.2 Å². The summed E-state index contributed by atoms with van der Waals surface area (Å²) in [4.78, 5) is 0. The third kappa shape index (κ3) is 4.81. The first-order chi connectivity index (χ1) is 18.8. The van der Waals surface area contributed by atoms with E-state index in [1.807, 2.05) is 60.7 Å². The number of fused-ring (bicyclic) bond motifs is 4. The van der Waals surface area contributed by atoms with Crippen LogP contribution in [-0.4, -0.2) is 68.5 Å². The minimum atomic E-state index is -2.35. The van der Waals surface area contributed by atoms with Crippen LogP contribution in [0.1, 0.15) is 40.5 Å². The van der Waals surface area contributed by atoms with Gasteiger partial charge < -0.3 is 29.6 Å². The Labute approximate surface area is 239 Å². The number of aliphatic hydroxyl groups is 4. The Bertz CT molecular complexity index is 1180. The maximum atomic E-state index is 13.4. The first-order valence-electron chi connectivity index (χ1n) is 14.8. The van der Waals surface area contributed by atoms with Gasteiger partial charge in [-0.3, -0.25) is 0 Å². The zero-order valence-corrected chi connectivity index (χ0v) is 25.9. The van der Waals surface area contributed by atoms with Gasteiger partial charge in [-0.2, -0.15) is 0 Å². The molecule has 4 aliphatic rings. The number of rotatable bonds is 6. The van der Waals surface area contributed by atoms with Gasteiger partial charge in [-0.1, -0.05) is 74.5 Å². The maximum absolute atomic E-state index is 13.4. The molecule has 0 aromatic heterocycles. The van der Waals surface area contributed by atoms with E-state index in [1.165, 1.54) is 0 Å². The Morgan fingerprint density at radius 1 is 0.675 bits per heavy atom. The Balaban J connectivity index is 0.000000161. The van der Waals surface area contributed by atoms with Crippen molar-refractivity contribution in [2.24, 2.45) is 35.5 Å². The van der Waals surface area contributed by atoms with E-state index in [0.29, 0.717) is 24.2 Å². The fourth-order valence-electron chi connectivity index (χ4n) is 8.81. The van der Waals surface area contributed by atoms with Crippen LogP contribution in [0.3, 0.4) is 0 Å². The Morgan fingerprint density at radius 3 is 1.25 bits per heavy atom. The second kappa shape index (κ2) is 10.8. The van der Waals surface area contributed by atoms with Gasteiger partial charge in [0.05, 0.1) is 24.4 Å². The molecule has 2 saturated heterocycles. The zero-order chi connectivity index (χ0) is 29.1. The van der Waals surface area contributed by atoms with Crippen LogP contribution in [0.15, 0.2) is 60.7 Å². The quantitative estimate of drug-likeness (QED) is 0.377. The second-order valence-electron chi connectivity index (χ2n) is 13.5. The lowest BCUT2D eigenvalue weighted by molar-refractivity contribution is -0.0592. The molecule has 2 aromatic rings. The average Bonchev–Trinajstić information content (AvgIpc) is 3.63. The lowest BCUT2D eigenvalue weighted by Gasteiger charge is -2.37. The van der Waals surface area contributed by atoms with Gasteiger partial charge in [0.15, 0.2) is 0 Å². The summed E-state index contributed by atoms with van der Waals surface area (Å²) in [6, 6.07) is 19.6. The molecule has 0 amide bonds. The average molecular weight is 589 g/mol. The molecule has 4 fully saturated rings. The molecule has 6 rings (SSSR count). The van der Waals surface area contributed by atoms with Crippen molar-refractivity contribution < 1.29 is 29.6 Å². The number of hydrogen-bond acceptors (Lipinski definition) is 6. The van der Waals surface area contributed by atoms with Crippen molar-refractivity contribution in [2.75, 3.05) is 25.5 Å². The molecule has 4 N–H and O–H groups in total. The molecule has 0 radical (unpaired) electrons. The molecule has 2 aliphatic heterocycles. The molecule has 4 bridgehead atoms. The molecule has 8 heteroatoms. The van der Waals surface area contributed by atoms with Crippen molar-refractivity contribution in [3.63, 3.8) is 0 Å². The molecule has 6 nitrogen and oxygen atoms in total. The standard InChI is InChI=1S/2C16H23O3P/c2*1-11-13-9-20(19,12-6-4-3-5-7-12)15(11)8-14(13)16(2,18)10-17/h2*3-7,11,13-15,17-18H,8-10H2,1-2H3/t2*11-,13-,14+,15-,16-,20-/m00/s1. The third-order valence-corrected chi connectivity index (χ3v) is 19.0. The molecular formula is C32H46O6P2. The molecule has 40 heavy (non-hydrogen) atoms. The Hall–Kier alpha value is -1.26. The van der Waals surface area contributed by atoms with Crippen molar-refractivity contribution in [2.45, 2.75) is 63.1 Å². The van der Waals surface area contributed by atoms with Gasteiger partial charge in [-0.15, -0.1) is 0 Å². The highest BCUT2D eigenvalue weighted by atomic mass is 31.2. The topological polar surface area (TPSA) is 115 Å². The summed E-state index contributed by atoms with van der Waals surface area (Å²) < 4.78 is 26.9. The van der Waals surface area contributed by atoms with Crippen molar-refractivity contribution in [1.29, 1.82) is 0 Å². The molecule has 12 atom stereocenters. The van der Waals surface area contributed by atoms with Crippen LogP contribution < -0.4 is 10.6 Å².